The van der Waals surface area contributed by atoms with E-state index >= 15 is 0 Å². The third-order valence-electron chi connectivity index (χ3n) is 2.05. The number of carbonyl (C=O) groups excluding carboxylic acids is 1. The zero-order valence-electron chi connectivity index (χ0n) is 9.11. The molecule has 0 spiro atoms. The highest BCUT2D eigenvalue weighted by Gasteiger charge is 2.13. The number of esters is 1. The van der Waals surface area contributed by atoms with E-state index in [0.29, 0.717) is 18.1 Å². The first-order valence-electron chi connectivity index (χ1n) is 4.99. The Morgan fingerprint density at radius 2 is 2.38 bits per heavy atom. The number of aryl methyl sites for hydroxylation is 1. The van der Waals surface area contributed by atoms with Gasteiger partial charge in [-0.3, -0.25) is 0 Å². The summed E-state index contributed by atoms with van der Waals surface area (Å²) in [7, 11) is 0. The van der Waals surface area contributed by atoms with Gasteiger partial charge in [-0.05, 0) is 26.0 Å². The Hall–Kier alpha value is -2.04. The lowest BCUT2D eigenvalue weighted by Gasteiger charge is -1.96. The topological polar surface area (TPSA) is 68.1 Å². The molecular formula is C11H12N2O3. The molecule has 2 heterocycles. The number of nitrogens with one attached hydrogen (secondary N) is 1. The number of nitrogens with zero attached hydrogens (tertiary/aromatic N) is 1. The predicted molar refractivity (Wildman–Crippen MR) is 57.0 cm³/mol. The Kier molecular flexibility index (Phi) is 2.76. The summed E-state index contributed by atoms with van der Waals surface area (Å²) in [5, 5.41) is 0. The van der Waals surface area contributed by atoms with Crippen molar-refractivity contribution in [2.24, 2.45) is 0 Å². The second-order valence-corrected chi connectivity index (χ2v) is 3.28. The van der Waals surface area contributed by atoms with Gasteiger partial charge < -0.3 is 14.1 Å². The van der Waals surface area contributed by atoms with Gasteiger partial charge in [0.05, 0.1) is 12.8 Å². The Labute approximate surface area is 92.4 Å². The van der Waals surface area contributed by atoms with E-state index in [1.807, 2.05) is 19.1 Å². The molecule has 1 N–H and O–H groups in total. The fourth-order valence-corrected chi connectivity index (χ4v) is 1.33. The van der Waals surface area contributed by atoms with Gasteiger partial charge in [0.2, 0.25) is 5.82 Å². The van der Waals surface area contributed by atoms with Gasteiger partial charge in [-0.1, -0.05) is 0 Å². The van der Waals surface area contributed by atoms with E-state index in [-0.39, 0.29) is 5.82 Å². The van der Waals surface area contributed by atoms with Crippen molar-refractivity contribution in [2.75, 3.05) is 6.61 Å². The summed E-state index contributed by atoms with van der Waals surface area (Å²) in [5.41, 5.74) is 0.663. The maximum atomic E-state index is 11.3. The largest absolute Gasteiger partial charge is 0.460 e. The van der Waals surface area contributed by atoms with Crippen LogP contribution < -0.4 is 0 Å². The van der Waals surface area contributed by atoms with Crippen LogP contribution >= 0.6 is 0 Å². The fraction of sp³-hybridized carbons (Fsp3) is 0.273. The number of carbonyl (C=O) groups is 1. The molecule has 2 rings (SSSR count). The van der Waals surface area contributed by atoms with Gasteiger partial charge in [0.1, 0.15) is 11.5 Å². The summed E-state index contributed by atoms with van der Waals surface area (Å²) in [5.74, 6) is 1.19. The van der Waals surface area contributed by atoms with Gasteiger partial charge in [0, 0.05) is 0 Å². The van der Waals surface area contributed by atoms with Crippen LogP contribution in [-0.2, 0) is 4.74 Å². The number of rotatable bonds is 3. The zero-order chi connectivity index (χ0) is 11.5. The van der Waals surface area contributed by atoms with E-state index in [4.69, 9.17) is 9.15 Å². The number of imidazole rings is 1. The summed E-state index contributed by atoms with van der Waals surface area (Å²) in [6.45, 7) is 3.93. The summed E-state index contributed by atoms with van der Waals surface area (Å²) in [6, 6.07) is 3.66. The number of aromatic nitrogens is 2. The molecule has 0 aliphatic carbocycles. The first-order chi connectivity index (χ1) is 7.70. The van der Waals surface area contributed by atoms with Crippen molar-refractivity contribution in [3.05, 3.63) is 29.9 Å². The van der Waals surface area contributed by atoms with Gasteiger partial charge >= 0.3 is 5.97 Å². The number of H-pyrrole nitrogens is 1. The molecule has 2 aromatic heterocycles. The molecule has 5 nitrogen and oxygen atoms in total. The van der Waals surface area contributed by atoms with Gasteiger partial charge in [-0.25, -0.2) is 9.78 Å². The second kappa shape index (κ2) is 4.22. The molecule has 84 valence electrons. The van der Waals surface area contributed by atoms with Crippen molar-refractivity contribution < 1.29 is 13.9 Å². The van der Waals surface area contributed by atoms with Crippen LogP contribution in [0.4, 0.5) is 0 Å². The van der Waals surface area contributed by atoms with Crippen molar-refractivity contribution in [3.8, 4) is 11.5 Å². The first kappa shape index (κ1) is 10.5. The molecular weight excluding hydrogens is 208 g/mol. The number of hydrogen-bond acceptors (Lipinski definition) is 4. The molecule has 0 atom stereocenters. The third-order valence-corrected chi connectivity index (χ3v) is 2.05. The molecule has 16 heavy (non-hydrogen) atoms. The van der Waals surface area contributed by atoms with Crippen LogP contribution in [0.1, 0.15) is 23.3 Å². The Balaban J connectivity index is 2.22. The molecule has 0 amide bonds. The van der Waals surface area contributed by atoms with Crippen LogP contribution in [0.25, 0.3) is 11.5 Å². The standard InChI is InChI=1S/C11H12N2O3/c1-3-15-11(14)10-12-6-8(13-10)9-5-4-7(2)16-9/h4-6H,3H2,1-2H3,(H,12,13). The number of aromatic amines is 1. The van der Waals surface area contributed by atoms with E-state index in [1.165, 1.54) is 0 Å². The molecule has 0 radical (unpaired) electrons. The van der Waals surface area contributed by atoms with Crippen molar-refractivity contribution in [2.45, 2.75) is 13.8 Å². The smallest absolute Gasteiger partial charge is 0.374 e. The van der Waals surface area contributed by atoms with Gasteiger partial charge in [0.15, 0.2) is 5.76 Å². The molecule has 0 fully saturated rings. The minimum absolute atomic E-state index is 0.186. The summed E-state index contributed by atoms with van der Waals surface area (Å²) >= 11 is 0. The highest BCUT2D eigenvalue weighted by molar-refractivity contribution is 5.86. The monoisotopic (exact) mass is 220 g/mol. The molecule has 0 aliphatic rings. The maximum absolute atomic E-state index is 11.3. The van der Waals surface area contributed by atoms with Crippen molar-refractivity contribution >= 4 is 5.97 Å². The van der Waals surface area contributed by atoms with Crippen LogP contribution in [0.5, 0.6) is 0 Å². The minimum Gasteiger partial charge on any atom is -0.460 e. The predicted octanol–water partition coefficient (Wildman–Crippen LogP) is 2.15. The molecule has 0 saturated carbocycles. The molecule has 0 saturated heterocycles. The lowest BCUT2D eigenvalue weighted by Crippen LogP contribution is -2.06. The molecule has 0 unspecified atom stereocenters. The van der Waals surface area contributed by atoms with Crippen LogP contribution in [-0.4, -0.2) is 22.5 Å². The lowest BCUT2D eigenvalue weighted by molar-refractivity contribution is 0.0513. The van der Waals surface area contributed by atoms with Crippen molar-refractivity contribution in [1.82, 2.24) is 9.97 Å². The van der Waals surface area contributed by atoms with E-state index in [0.717, 1.165) is 5.76 Å². The third kappa shape index (κ3) is 1.98. The summed E-state index contributed by atoms with van der Waals surface area (Å²) in [4.78, 5) is 18.1. The van der Waals surface area contributed by atoms with Gasteiger partial charge in [-0.2, -0.15) is 0 Å². The van der Waals surface area contributed by atoms with Gasteiger partial charge in [0.25, 0.3) is 0 Å². The average molecular weight is 220 g/mol. The van der Waals surface area contributed by atoms with E-state index in [9.17, 15) is 4.79 Å². The van der Waals surface area contributed by atoms with E-state index in [1.54, 1.807) is 13.1 Å². The summed E-state index contributed by atoms with van der Waals surface area (Å²) in [6.07, 6.45) is 1.55. The fourth-order valence-electron chi connectivity index (χ4n) is 1.33. The number of furan rings is 1. The van der Waals surface area contributed by atoms with Crippen LogP contribution in [0.3, 0.4) is 0 Å². The molecule has 0 aromatic carbocycles. The maximum Gasteiger partial charge on any atom is 0.374 e. The Bertz CT molecular complexity index is 499. The van der Waals surface area contributed by atoms with Crippen molar-refractivity contribution in [3.63, 3.8) is 0 Å². The highest BCUT2D eigenvalue weighted by Crippen LogP contribution is 2.19. The van der Waals surface area contributed by atoms with E-state index < -0.39 is 5.97 Å². The van der Waals surface area contributed by atoms with Crippen molar-refractivity contribution in [1.29, 1.82) is 0 Å². The first-order valence-corrected chi connectivity index (χ1v) is 4.99. The Morgan fingerprint density at radius 1 is 1.56 bits per heavy atom. The zero-order valence-corrected chi connectivity index (χ0v) is 9.11. The summed E-state index contributed by atoms with van der Waals surface area (Å²) < 4.78 is 10.2. The average Bonchev–Trinajstić information content (AvgIpc) is 2.85. The van der Waals surface area contributed by atoms with Crippen LogP contribution in [0.2, 0.25) is 0 Å². The molecule has 5 heteroatoms. The normalized spacial score (nSPS) is 10.4. The molecule has 2 aromatic rings. The van der Waals surface area contributed by atoms with E-state index in [2.05, 4.69) is 9.97 Å². The number of hydrogen-bond donors (Lipinski definition) is 1. The molecule has 0 bridgehead atoms. The lowest BCUT2D eigenvalue weighted by atomic mass is 10.3. The van der Waals surface area contributed by atoms with Gasteiger partial charge in [-0.15, -0.1) is 0 Å². The van der Waals surface area contributed by atoms with Crippen LogP contribution in [0.15, 0.2) is 22.7 Å². The second-order valence-electron chi connectivity index (χ2n) is 3.28. The SMILES string of the molecule is CCOC(=O)c1ncc(-c2ccc(C)o2)[nH]1. The molecule has 0 aliphatic heterocycles. The quantitative estimate of drug-likeness (QED) is 0.805. The Morgan fingerprint density at radius 3 is 3.00 bits per heavy atom. The van der Waals surface area contributed by atoms with Crippen LogP contribution in [0, 0.1) is 6.92 Å². The highest BCUT2D eigenvalue weighted by atomic mass is 16.5. The number of ether oxygens (including phenoxy) is 1. The minimum atomic E-state index is -0.461.